The third kappa shape index (κ3) is 2.81. The molecular weight excluding hydrogens is 330 g/mol. The van der Waals surface area contributed by atoms with E-state index in [0.717, 1.165) is 21.6 Å². The number of nitrogens with one attached hydrogen (secondary N) is 1. The first kappa shape index (κ1) is 15.5. The van der Waals surface area contributed by atoms with Crippen LogP contribution in [0.1, 0.15) is 5.56 Å². The molecule has 6 heteroatoms. The fourth-order valence-corrected chi connectivity index (χ4v) is 3.66. The summed E-state index contributed by atoms with van der Waals surface area (Å²) >= 11 is 1.56. The van der Waals surface area contributed by atoms with Crippen LogP contribution in [0.4, 0.5) is 16.8 Å². The van der Waals surface area contributed by atoms with E-state index in [0.29, 0.717) is 11.6 Å². The van der Waals surface area contributed by atoms with Gasteiger partial charge in [-0.05, 0) is 23.4 Å². The van der Waals surface area contributed by atoms with Crippen LogP contribution in [0.2, 0.25) is 0 Å². The highest BCUT2D eigenvalue weighted by atomic mass is 32.1. The number of fused-ring (bicyclic) bond motifs is 1. The maximum atomic E-state index is 6.01. The molecule has 0 aliphatic heterocycles. The predicted molar refractivity (Wildman–Crippen MR) is 103 cm³/mol. The number of H-pyrrole nitrogens is 1. The van der Waals surface area contributed by atoms with Gasteiger partial charge in [-0.15, -0.1) is 0 Å². The fourth-order valence-electron chi connectivity index (χ4n) is 2.80. The van der Waals surface area contributed by atoms with Gasteiger partial charge in [0, 0.05) is 21.7 Å². The predicted octanol–water partition coefficient (Wildman–Crippen LogP) is 5.03. The number of hydrogen-bond acceptors (Lipinski definition) is 4. The molecule has 0 unspecified atom stereocenters. The maximum Gasteiger partial charge on any atom is 0.408 e. The van der Waals surface area contributed by atoms with Gasteiger partial charge in [-0.2, -0.15) is 0 Å². The third-order valence-corrected chi connectivity index (χ3v) is 5.14. The van der Waals surface area contributed by atoms with Crippen molar-refractivity contribution in [1.82, 2.24) is 4.98 Å². The van der Waals surface area contributed by atoms with E-state index in [1.165, 1.54) is 11.1 Å². The molecule has 0 spiro atoms. The first-order chi connectivity index (χ1) is 12.1. The summed E-state index contributed by atoms with van der Waals surface area (Å²) in [5, 5.41) is 13.7. The summed E-state index contributed by atoms with van der Waals surface area (Å²) in [6, 6.07) is 16.4. The molecule has 3 N–H and O–H groups in total. The Bertz CT molecular complexity index is 1070. The minimum atomic E-state index is 0.612. The SMILES string of the molecule is Cc1ccc(-c2csc(/N=N/c3[nH]c(N)c4ccccc34)[n+]2C)cc1. The largest absolute Gasteiger partial charge is 0.408 e. The average molecular weight is 348 g/mol. The zero-order valence-corrected chi connectivity index (χ0v) is 14.8. The zero-order valence-electron chi connectivity index (χ0n) is 14.0. The number of hydrogen-bond donors (Lipinski definition) is 2. The Morgan fingerprint density at radius 2 is 1.72 bits per heavy atom. The van der Waals surface area contributed by atoms with E-state index in [9.17, 15) is 0 Å². The first-order valence-corrected chi connectivity index (χ1v) is 8.84. The van der Waals surface area contributed by atoms with Crippen molar-refractivity contribution in [3.8, 4) is 11.3 Å². The number of nitrogens with two attached hydrogens (primary N) is 1. The molecule has 2 heterocycles. The van der Waals surface area contributed by atoms with Crippen LogP contribution in [-0.2, 0) is 7.05 Å². The number of aryl methyl sites for hydroxylation is 1. The van der Waals surface area contributed by atoms with Crippen LogP contribution in [0.5, 0.6) is 0 Å². The number of nitrogen functional groups attached to an aromatic ring is 1. The van der Waals surface area contributed by atoms with Gasteiger partial charge >= 0.3 is 5.13 Å². The van der Waals surface area contributed by atoms with Crippen molar-refractivity contribution in [3.63, 3.8) is 0 Å². The topological polar surface area (TPSA) is 70.4 Å². The molecule has 2 aromatic carbocycles. The second kappa shape index (κ2) is 6.14. The van der Waals surface area contributed by atoms with Gasteiger partial charge in [-0.25, -0.2) is 4.57 Å². The van der Waals surface area contributed by atoms with Crippen LogP contribution in [0.15, 0.2) is 64.1 Å². The Labute approximate surface area is 149 Å². The summed E-state index contributed by atoms with van der Waals surface area (Å²) in [6.45, 7) is 2.09. The van der Waals surface area contributed by atoms with E-state index in [2.05, 4.69) is 51.8 Å². The summed E-state index contributed by atoms with van der Waals surface area (Å²) < 4.78 is 2.05. The van der Waals surface area contributed by atoms with Gasteiger partial charge in [0.1, 0.15) is 11.5 Å². The molecule has 2 aromatic heterocycles. The van der Waals surface area contributed by atoms with Crippen LogP contribution >= 0.6 is 11.3 Å². The Kier molecular flexibility index (Phi) is 3.82. The van der Waals surface area contributed by atoms with Gasteiger partial charge in [0.25, 0.3) is 0 Å². The van der Waals surface area contributed by atoms with Gasteiger partial charge < -0.3 is 10.7 Å². The standard InChI is InChI=1S/C19H17N5S/c1-12-7-9-13(10-8-12)16-11-25-19(24(16)2)23-22-18-15-6-4-3-5-14(15)17(20)21-18/h3-11H,1-2H3,(H2,20,21,22)/p+1. The van der Waals surface area contributed by atoms with Crippen molar-refractivity contribution in [2.75, 3.05) is 5.73 Å². The average Bonchev–Trinajstić information content (AvgIpc) is 3.15. The molecule has 0 bridgehead atoms. The monoisotopic (exact) mass is 348 g/mol. The smallest absolute Gasteiger partial charge is 0.385 e. The second-order valence-corrected chi connectivity index (χ2v) is 6.80. The summed E-state index contributed by atoms with van der Waals surface area (Å²) in [5.41, 5.74) is 9.54. The number of azo groups is 1. The Balaban J connectivity index is 1.69. The van der Waals surface area contributed by atoms with Crippen LogP contribution in [0, 0.1) is 6.92 Å². The van der Waals surface area contributed by atoms with E-state index in [4.69, 9.17) is 5.73 Å². The number of benzene rings is 2. The van der Waals surface area contributed by atoms with Crippen molar-refractivity contribution in [3.05, 3.63) is 59.5 Å². The van der Waals surface area contributed by atoms with Crippen molar-refractivity contribution in [2.24, 2.45) is 17.3 Å². The molecule has 0 atom stereocenters. The number of thiazole rings is 1. The highest BCUT2D eigenvalue weighted by Gasteiger charge is 2.17. The molecule has 0 aliphatic carbocycles. The fraction of sp³-hybridized carbons (Fsp3) is 0.105. The van der Waals surface area contributed by atoms with E-state index in [1.807, 2.05) is 35.9 Å². The second-order valence-electron chi connectivity index (χ2n) is 5.96. The van der Waals surface area contributed by atoms with Gasteiger partial charge in [-0.1, -0.05) is 54.1 Å². The summed E-state index contributed by atoms with van der Waals surface area (Å²) in [4.78, 5) is 3.10. The molecule has 0 saturated heterocycles. The molecule has 4 aromatic rings. The van der Waals surface area contributed by atoms with Crippen molar-refractivity contribution >= 4 is 38.9 Å². The number of aromatic amines is 1. The highest BCUT2D eigenvalue weighted by Crippen LogP contribution is 2.32. The van der Waals surface area contributed by atoms with Crippen molar-refractivity contribution in [1.29, 1.82) is 0 Å². The normalized spacial score (nSPS) is 11.6. The maximum absolute atomic E-state index is 6.01. The van der Waals surface area contributed by atoms with Gasteiger partial charge in [0.15, 0.2) is 5.82 Å². The molecular formula is C19H18N5S+. The van der Waals surface area contributed by atoms with E-state index in [1.54, 1.807) is 11.3 Å². The Morgan fingerprint density at radius 3 is 2.48 bits per heavy atom. The van der Waals surface area contributed by atoms with Crippen molar-refractivity contribution in [2.45, 2.75) is 6.92 Å². The minimum Gasteiger partial charge on any atom is -0.385 e. The lowest BCUT2D eigenvalue weighted by molar-refractivity contribution is -0.643. The molecule has 124 valence electrons. The van der Waals surface area contributed by atoms with Crippen LogP contribution in [0.25, 0.3) is 22.0 Å². The number of rotatable bonds is 3. The summed E-state index contributed by atoms with van der Waals surface area (Å²) in [5.74, 6) is 1.29. The summed E-state index contributed by atoms with van der Waals surface area (Å²) in [7, 11) is 2.00. The quantitative estimate of drug-likeness (QED) is 0.396. The number of anilines is 1. The van der Waals surface area contributed by atoms with E-state index >= 15 is 0 Å². The lowest BCUT2D eigenvalue weighted by Crippen LogP contribution is -2.27. The molecule has 0 saturated carbocycles. The van der Waals surface area contributed by atoms with Crippen LogP contribution in [0.3, 0.4) is 0 Å². The lowest BCUT2D eigenvalue weighted by atomic mass is 10.1. The molecule has 25 heavy (non-hydrogen) atoms. The lowest BCUT2D eigenvalue weighted by Gasteiger charge is -1.98. The van der Waals surface area contributed by atoms with Crippen LogP contribution < -0.4 is 10.3 Å². The molecule has 0 amide bonds. The molecule has 0 radical (unpaired) electrons. The van der Waals surface area contributed by atoms with Gasteiger partial charge in [0.2, 0.25) is 0 Å². The molecule has 0 fully saturated rings. The van der Waals surface area contributed by atoms with Gasteiger partial charge in [-0.3, -0.25) is 0 Å². The Morgan fingerprint density at radius 1 is 1.00 bits per heavy atom. The van der Waals surface area contributed by atoms with E-state index in [-0.39, 0.29) is 0 Å². The Hall–Kier alpha value is -2.99. The minimum absolute atomic E-state index is 0.612. The third-order valence-electron chi connectivity index (χ3n) is 4.23. The molecule has 4 rings (SSSR count). The summed E-state index contributed by atoms with van der Waals surface area (Å²) in [6.07, 6.45) is 0. The highest BCUT2D eigenvalue weighted by molar-refractivity contribution is 7.13. The van der Waals surface area contributed by atoms with Crippen LogP contribution in [-0.4, -0.2) is 4.98 Å². The molecule has 0 aliphatic rings. The first-order valence-electron chi connectivity index (χ1n) is 7.96. The van der Waals surface area contributed by atoms with E-state index < -0.39 is 0 Å². The van der Waals surface area contributed by atoms with Gasteiger partial charge in [0.05, 0.1) is 12.2 Å². The number of aromatic nitrogens is 2. The van der Waals surface area contributed by atoms with Crippen molar-refractivity contribution < 1.29 is 4.57 Å². The molecule has 5 nitrogen and oxygen atoms in total. The zero-order chi connectivity index (χ0) is 17.4. The number of nitrogens with zero attached hydrogens (tertiary/aromatic N) is 3.